The molecule has 0 saturated carbocycles. The third-order valence-electron chi connectivity index (χ3n) is 1.72. The molecule has 2 aromatic rings. The average Bonchev–Trinajstić information content (AvgIpc) is 2.44. The van der Waals surface area contributed by atoms with Crippen molar-refractivity contribution < 1.29 is 0 Å². The number of nitrogens with one attached hydrogen (secondary N) is 1. The van der Waals surface area contributed by atoms with Crippen LogP contribution >= 0.6 is 0 Å². The molecule has 2 rings (SSSR count). The average molecular weight is 163 g/mol. The second-order valence-corrected chi connectivity index (χ2v) is 2.44. The number of hydrazine groups is 1. The number of aromatic nitrogens is 2. The fourth-order valence-electron chi connectivity index (χ4n) is 1.15. The maximum atomic E-state index is 5.66. The summed E-state index contributed by atoms with van der Waals surface area (Å²) in [5.74, 6) is 11.3. The van der Waals surface area contributed by atoms with E-state index < -0.39 is 0 Å². The Labute approximate surface area is 68.9 Å². The summed E-state index contributed by atoms with van der Waals surface area (Å²) < 4.78 is 1.41. The van der Waals surface area contributed by atoms with Crippen molar-refractivity contribution in [1.29, 1.82) is 0 Å². The molecule has 0 aliphatic carbocycles. The van der Waals surface area contributed by atoms with Crippen LogP contribution in [0, 0.1) is 0 Å². The number of benzene rings is 1. The molecular formula is C7H9N5. The van der Waals surface area contributed by atoms with Crippen LogP contribution in [0.4, 0.5) is 5.95 Å². The normalized spacial score (nSPS) is 10.4. The Hall–Kier alpha value is -1.75. The van der Waals surface area contributed by atoms with Crippen LogP contribution in [0.5, 0.6) is 0 Å². The summed E-state index contributed by atoms with van der Waals surface area (Å²) in [6.07, 6.45) is 0. The lowest BCUT2D eigenvalue weighted by Crippen LogP contribution is -2.17. The van der Waals surface area contributed by atoms with Crippen molar-refractivity contribution in [3.05, 3.63) is 24.3 Å². The van der Waals surface area contributed by atoms with Gasteiger partial charge in [-0.3, -0.25) is 5.43 Å². The highest BCUT2D eigenvalue weighted by atomic mass is 15.4. The summed E-state index contributed by atoms with van der Waals surface area (Å²) in [4.78, 5) is 4.13. The van der Waals surface area contributed by atoms with Gasteiger partial charge in [-0.15, -0.1) is 0 Å². The standard InChI is InChI=1S/C7H9N5/c8-11-7-10-5-3-1-2-4-6(5)12(7)9/h1-4H,8-9H2,(H,10,11). The first-order chi connectivity index (χ1) is 5.83. The second kappa shape index (κ2) is 2.38. The lowest BCUT2D eigenvalue weighted by atomic mass is 10.3. The number of nitrogen functional groups attached to an aromatic ring is 2. The Balaban J connectivity index is 2.78. The fraction of sp³-hybridized carbons (Fsp3) is 0. The van der Waals surface area contributed by atoms with E-state index in [0.717, 1.165) is 11.0 Å². The number of hydrogen-bond donors (Lipinski definition) is 3. The summed E-state index contributed by atoms with van der Waals surface area (Å²) in [6.45, 7) is 0. The zero-order valence-electron chi connectivity index (χ0n) is 6.36. The van der Waals surface area contributed by atoms with Crippen molar-refractivity contribution in [2.45, 2.75) is 0 Å². The predicted molar refractivity (Wildman–Crippen MR) is 47.7 cm³/mol. The van der Waals surface area contributed by atoms with Crippen molar-refractivity contribution in [3.8, 4) is 0 Å². The summed E-state index contributed by atoms with van der Waals surface area (Å²) in [6, 6.07) is 7.55. The quantitative estimate of drug-likeness (QED) is 0.409. The van der Waals surface area contributed by atoms with Crippen molar-refractivity contribution in [1.82, 2.24) is 9.66 Å². The van der Waals surface area contributed by atoms with Crippen molar-refractivity contribution in [2.75, 3.05) is 11.3 Å². The van der Waals surface area contributed by atoms with E-state index >= 15 is 0 Å². The number of rotatable bonds is 1. The molecule has 0 aliphatic rings. The van der Waals surface area contributed by atoms with Crippen LogP contribution in [0.1, 0.15) is 0 Å². The lowest BCUT2D eigenvalue weighted by molar-refractivity contribution is 1.02. The molecule has 0 aliphatic heterocycles. The highest BCUT2D eigenvalue weighted by molar-refractivity contribution is 5.78. The van der Waals surface area contributed by atoms with Crippen LogP contribution in [0.15, 0.2) is 24.3 Å². The maximum absolute atomic E-state index is 5.66. The van der Waals surface area contributed by atoms with Gasteiger partial charge in [-0.2, -0.15) is 0 Å². The molecule has 0 spiro atoms. The van der Waals surface area contributed by atoms with Gasteiger partial charge < -0.3 is 5.84 Å². The molecule has 12 heavy (non-hydrogen) atoms. The van der Waals surface area contributed by atoms with Gasteiger partial charge in [0.2, 0.25) is 5.95 Å². The molecule has 0 unspecified atom stereocenters. The van der Waals surface area contributed by atoms with E-state index in [1.54, 1.807) is 0 Å². The molecule has 0 fully saturated rings. The number of hydrogen-bond acceptors (Lipinski definition) is 4. The number of nitrogens with two attached hydrogens (primary N) is 2. The van der Waals surface area contributed by atoms with Gasteiger partial charge in [-0.25, -0.2) is 15.5 Å². The van der Waals surface area contributed by atoms with Crippen LogP contribution in [-0.4, -0.2) is 9.66 Å². The van der Waals surface area contributed by atoms with Crippen LogP contribution in [0.25, 0.3) is 11.0 Å². The van der Waals surface area contributed by atoms with Crippen LogP contribution < -0.4 is 17.1 Å². The zero-order valence-corrected chi connectivity index (χ0v) is 6.36. The minimum Gasteiger partial charge on any atom is -0.336 e. The van der Waals surface area contributed by atoms with Gasteiger partial charge in [0.25, 0.3) is 0 Å². The summed E-state index contributed by atoms with van der Waals surface area (Å²) in [5, 5.41) is 0. The number of imidazole rings is 1. The van der Waals surface area contributed by atoms with Gasteiger partial charge in [-0.05, 0) is 12.1 Å². The molecule has 0 amide bonds. The molecule has 1 aromatic carbocycles. The van der Waals surface area contributed by atoms with E-state index in [1.807, 2.05) is 24.3 Å². The molecule has 0 radical (unpaired) electrons. The molecule has 62 valence electrons. The van der Waals surface area contributed by atoms with Crippen LogP contribution in [-0.2, 0) is 0 Å². The Kier molecular flexibility index (Phi) is 1.38. The minimum atomic E-state index is 0.455. The molecule has 5 N–H and O–H groups in total. The van der Waals surface area contributed by atoms with Crippen molar-refractivity contribution in [2.24, 2.45) is 5.84 Å². The molecule has 0 bridgehead atoms. The largest absolute Gasteiger partial charge is 0.336 e. The first-order valence-electron chi connectivity index (χ1n) is 3.52. The van der Waals surface area contributed by atoms with Gasteiger partial charge in [0.1, 0.15) is 0 Å². The number of para-hydroxylation sites is 2. The monoisotopic (exact) mass is 163 g/mol. The number of fused-ring (bicyclic) bond motifs is 1. The molecule has 1 aromatic heterocycles. The predicted octanol–water partition coefficient (Wildman–Crippen LogP) is 0.0357. The SMILES string of the molecule is NNc1nc2ccccc2n1N. The van der Waals surface area contributed by atoms with E-state index in [9.17, 15) is 0 Å². The van der Waals surface area contributed by atoms with E-state index in [4.69, 9.17) is 11.7 Å². The summed E-state index contributed by atoms with van der Waals surface area (Å²) in [5.41, 5.74) is 4.09. The Morgan fingerprint density at radius 3 is 2.75 bits per heavy atom. The molecule has 5 nitrogen and oxygen atoms in total. The zero-order chi connectivity index (χ0) is 8.55. The Morgan fingerprint density at radius 2 is 2.08 bits per heavy atom. The highest BCUT2D eigenvalue weighted by Crippen LogP contribution is 2.14. The van der Waals surface area contributed by atoms with Gasteiger partial charge in [0, 0.05) is 0 Å². The van der Waals surface area contributed by atoms with Crippen molar-refractivity contribution >= 4 is 17.0 Å². The molecule has 5 heteroatoms. The summed E-state index contributed by atoms with van der Waals surface area (Å²) in [7, 11) is 0. The molecule has 1 heterocycles. The molecule has 0 atom stereocenters. The third-order valence-corrected chi connectivity index (χ3v) is 1.72. The Morgan fingerprint density at radius 1 is 1.33 bits per heavy atom. The Bertz CT molecular complexity index is 405. The smallest absolute Gasteiger partial charge is 0.237 e. The maximum Gasteiger partial charge on any atom is 0.237 e. The van der Waals surface area contributed by atoms with E-state index in [2.05, 4.69) is 10.4 Å². The molecular weight excluding hydrogens is 154 g/mol. The lowest BCUT2D eigenvalue weighted by Gasteiger charge is -1.98. The van der Waals surface area contributed by atoms with Crippen LogP contribution in [0.2, 0.25) is 0 Å². The summed E-state index contributed by atoms with van der Waals surface area (Å²) >= 11 is 0. The van der Waals surface area contributed by atoms with Gasteiger partial charge in [0.15, 0.2) is 0 Å². The first-order valence-corrected chi connectivity index (χ1v) is 3.52. The number of nitrogens with zero attached hydrogens (tertiary/aromatic N) is 2. The van der Waals surface area contributed by atoms with Crippen molar-refractivity contribution in [3.63, 3.8) is 0 Å². The first kappa shape index (κ1) is 6.93. The van der Waals surface area contributed by atoms with E-state index in [-0.39, 0.29) is 0 Å². The van der Waals surface area contributed by atoms with Gasteiger partial charge >= 0.3 is 0 Å². The van der Waals surface area contributed by atoms with E-state index in [1.165, 1.54) is 4.68 Å². The topological polar surface area (TPSA) is 81.9 Å². The fourth-order valence-corrected chi connectivity index (χ4v) is 1.15. The molecule has 0 saturated heterocycles. The van der Waals surface area contributed by atoms with Gasteiger partial charge in [0.05, 0.1) is 11.0 Å². The number of anilines is 1. The third kappa shape index (κ3) is 0.802. The van der Waals surface area contributed by atoms with Gasteiger partial charge in [-0.1, -0.05) is 12.1 Å². The van der Waals surface area contributed by atoms with Crippen LogP contribution in [0.3, 0.4) is 0 Å². The van der Waals surface area contributed by atoms with E-state index in [0.29, 0.717) is 5.95 Å². The minimum absolute atomic E-state index is 0.455. The highest BCUT2D eigenvalue weighted by Gasteiger charge is 2.04. The second-order valence-electron chi connectivity index (χ2n) is 2.44.